The third kappa shape index (κ3) is 4.60. The zero-order chi connectivity index (χ0) is 18.8. The van der Waals surface area contributed by atoms with Crippen molar-refractivity contribution >= 4 is 33.5 Å². The molecule has 0 fully saturated rings. The van der Waals surface area contributed by atoms with Crippen LogP contribution in [0.15, 0.2) is 29.4 Å². The Morgan fingerprint density at radius 2 is 2.04 bits per heavy atom. The van der Waals surface area contributed by atoms with Gasteiger partial charge in [0.15, 0.2) is 0 Å². The molecule has 0 unspecified atom stereocenters. The summed E-state index contributed by atoms with van der Waals surface area (Å²) in [7, 11) is -3.07. The monoisotopic (exact) mass is 397 g/mol. The smallest absolute Gasteiger partial charge is 0.358 e. The van der Waals surface area contributed by atoms with Gasteiger partial charge in [0.05, 0.1) is 10.6 Å². The number of hydrogen-bond acceptors (Lipinski definition) is 5. The summed E-state index contributed by atoms with van der Waals surface area (Å²) in [5.41, 5.74) is -1.17. The van der Waals surface area contributed by atoms with Crippen LogP contribution in [0.2, 0.25) is 5.02 Å². The Balaban J connectivity index is 2.29. The summed E-state index contributed by atoms with van der Waals surface area (Å²) in [6, 6.07) is 1.90. The fourth-order valence-corrected chi connectivity index (χ4v) is 3.18. The zero-order valence-corrected chi connectivity index (χ0v) is 14.1. The van der Waals surface area contributed by atoms with Crippen LogP contribution in [0, 0.1) is 0 Å². The minimum atomic E-state index is -4.73. The number of sulfonamides is 1. The second-order valence-electron chi connectivity index (χ2n) is 4.69. The van der Waals surface area contributed by atoms with Gasteiger partial charge in [0.2, 0.25) is 5.91 Å². The maximum Gasteiger partial charge on any atom is 0.416 e. The number of nitrogens with zero attached hydrogens (tertiary/aromatic N) is 3. The number of halogens is 4. The quantitative estimate of drug-likeness (QED) is 0.795. The van der Waals surface area contributed by atoms with Crippen LogP contribution >= 0.6 is 11.6 Å². The van der Waals surface area contributed by atoms with E-state index in [1.807, 2.05) is 4.72 Å². The lowest BCUT2D eigenvalue weighted by atomic mass is 10.2. The predicted molar refractivity (Wildman–Crippen MR) is 81.4 cm³/mol. The molecule has 1 heterocycles. The van der Waals surface area contributed by atoms with E-state index in [0.717, 1.165) is 17.1 Å². The second-order valence-corrected chi connectivity index (χ2v) is 6.75. The summed E-state index contributed by atoms with van der Waals surface area (Å²) in [6.45, 7) is -0.213. The van der Waals surface area contributed by atoms with E-state index in [4.69, 9.17) is 11.6 Å². The summed E-state index contributed by atoms with van der Waals surface area (Å²) in [5, 5.41) is 5.64. The van der Waals surface area contributed by atoms with E-state index in [1.54, 1.807) is 0 Å². The first-order valence-corrected chi connectivity index (χ1v) is 8.38. The number of alkyl halides is 3. The van der Waals surface area contributed by atoms with Crippen molar-refractivity contribution in [1.82, 2.24) is 20.1 Å². The zero-order valence-electron chi connectivity index (χ0n) is 12.5. The van der Waals surface area contributed by atoms with E-state index < -0.39 is 43.5 Å². The fourth-order valence-electron chi connectivity index (χ4n) is 1.70. The van der Waals surface area contributed by atoms with Gasteiger partial charge in [-0.1, -0.05) is 11.6 Å². The van der Waals surface area contributed by atoms with Gasteiger partial charge in [-0.05, 0) is 18.2 Å². The molecule has 0 spiro atoms. The summed E-state index contributed by atoms with van der Waals surface area (Å²) in [6.07, 6.45) is -3.65. The van der Waals surface area contributed by atoms with Crippen molar-refractivity contribution in [2.45, 2.75) is 17.6 Å². The average molecular weight is 398 g/mol. The maximum absolute atomic E-state index is 12.7. The number of anilines is 1. The second kappa shape index (κ2) is 6.88. The number of likely N-dealkylation sites (N-methyl/N-ethyl adjacent to an activating group) is 1. The summed E-state index contributed by atoms with van der Waals surface area (Å²) >= 11 is 5.70. The standard InChI is InChI=1S/C12H11ClF3N5O3S/c1-17-10(22)5-21-6-18-11(19-21)20-25(23,24)9-4-7(12(14,15)16)2-3-8(9)13/h2-4,6H,5H2,1H3,(H,17,22)(H,19,20). The van der Waals surface area contributed by atoms with Crippen molar-refractivity contribution < 1.29 is 26.4 Å². The number of benzene rings is 1. The first kappa shape index (κ1) is 19.0. The molecule has 2 rings (SSSR count). The van der Waals surface area contributed by atoms with E-state index in [2.05, 4.69) is 15.4 Å². The number of carbonyl (C=O) groups is 1. The summed E-state index contributed by atoms with van der Waals surface area (Å²) in [4.78, 5) is 14.1. The Bertz CT molecular complexity index is 898. The number of hydrogen-bond donors (Lipinski definition) is 2. The van der Waals surface area contributed by atoms with E-state index in [-0.39, 0.29) is 6.54 Å². The van der Waals surface area contributed by atoms with Crippen LogP contribution in [0.4, 0.5) is 19.1 Å². The van der Waals surface area contributed by atoms with Crippen molar-refractivity contribution in [1.29, 1.82) is 0 Å². The minimum Gasteiger partial charge on any atom is -0.358 e. The lowest BCUT2D eigenvalue weighted by molar-refractivity contribution is -0.137. The number of aromatic nitrogens is 3. The predicted octanol–water partition coefficient (Wildman–Crippen LogP) is 1.50. The van der Waals surface area contributed by atoms with Gasteiger partial charge in [-0.3, -0.25) is 4.79 Å². The van der Waals surface area contributed by atoms with Gasteiger partial charge in [-0.25, -0.2) is 17.8 Å². The molecule has 8 nitrogen and oxygen atoms in total. The number of amides is 1. The molecular weight excluding hydrogens is 387 g/mol. The summed E-state index contributed by atoms with van der Waals surface area (Å²) in [5.74, 6) is -0.822. The van der Waals surface area contributed by atoms with Crippen LogP contribution < -0.4 is 10.0 Å². The van der Waals surface area contributed by atoms with E-state index in [9.17, 15) is 26.4 Å². The van der Waals surface area contributed by atoms with Crippen LogP contribution in [0.25, 0.3) is 0 Å². The van der Waals surface area contributed by atoms with Gasteiger partial charge in [0.25, 0.3) is 16.0 Å². The molecule has 25 heavy (non-hydrogen) atoms. The van der Waals surface area contributed by atoms with Gasteiger partial charge < -0.3 is 5.32 Å². The summed E-state index contributed by atoms with van der Waals surface area (Å²) < 4.78 is 65.7. The molecule has 0 saturated heterocycles. The topological polar surface area (TPSA) is 106 Å². The van der Waals surface area contributed by atoms with Crippen molar-refractivity contribution in [3.8, 4) is 0 Å². The van der Waals surface area contributed by atoms with E-state index in [0.29, 0.717) is 12.1 Å². The van der Waals surface area contributed by atoms with Crippen LogP contribution in [0.3, 0.4) is 0 Å². The molecule has 0 aliphatic heterocycles. The molecular formula is C12H11ClF3N5O3S. The van der Waals surface area contributed by atoms with Crippen LogP contribution in [-0.4, -0.2) is 36.1 Å². The Morgan fingerprint density at radius 1 is 1.36 bits per heavy atom. The highest BCUT2D eigenvalue weighted by atomic mass is 35.5. The van der Waals surface area contributed by atoms with Crippen molar-refractivity contribution in [2.75, 3.05) is 11.8 Å². The Labute approximate surface area is 145 Å². The largest absolute Gasteiger partial charge is 0.416 e. The molecule has 0 atom stereocenters. The fraction of sp³-hybridized carbons (Fsp3) is 0.250. The van der Waals surface area contributed by atoms with Gasteiger partial charge in [-0.2, -0.15) is 18.2 Å². The molecule has 2 aromatic rings. The Hall–Kier alpha value is -2.34. The SMILES string of the molecule is CNC(=O)Cn1cnc(NS(=O)(=O)c2cc(C(F)(F)F)ccc2Cl)n1. The molecule has 136 valence electrons. The van der Waals surface area contributed by atoms with Crippen LogP contribution in [-0.2, 0) is 27.5 Å². The lowest BCUT2D eigenvalue weighted by Crippen LogP contribution is -2.23. The van der Waals surface area contributed by atoms with Gasteiger partial charge in [0, 0.05) is 7.05 Å². The molecule has 0 bridgehead atoms. The molecule has 1 aromatic carbocycles. The number of carbonyl (C=O) groups excluding carboxylic acids is 1. The molecule has 0 aliphatic carbocycles. The highest BCUT2D eigenvalue weighted by Gasteiger charge is 2.33. The van der Waals surface area contributed by atoms with Crippen LogP contribution in [0.5, 0.6) is 0 Å². The first-order chi connectivity index (χ1) is 11.5. The van der Waals surface area contributed by atoms with E-state index in [1.165, 1.54) is 7.05 Å². The Kier molecular flexibility index (Phi) is 5.23. The third-order valence-electron chi connectivity index (χ3n) is 2.89. The van der Waals surface area contributed by atoms with E-state index >= 15 is 0 Å². The van der Waals surface area contributed by atoms with Crippen LogP contribution in [0.1, 0.15) is 5.56 Å². The third-order valence-corrected chi connectivity index (χ3v) is 4.70. The van der Waals surface area contributed by atoms with Crippen molar-refractivity contribution in [2.24, 2.45) is 0 Å². The highest BCUT2D eigenvalue weighted by molar-refractivity contribution is 7.92. The van der Waals surface area contributed by atoms with Gasteiger partial charge in [0.1, 0.15) is 17.8 Å². The molecule has 0 saturated carbocycles. The molecule has 0 aliphatic rings. The minimum absolute atomic E-state index is 0.213. The normalized spacial score (nSPS) is 12.0. The number of rotatable bonds is 5. The molecule has 1 amide bonds. The highest BCUT2D eigenvalue weighted by Crippen LogP contribution is 2.33. The van der Waals surface area contributed by atoms with Gasteiger partial charge >= 0.3 is 6.18 Å². The average Bonchev–Trinajstić information content (AvgIpc) is 2.92. The van der Waals surface area contributed by atoms with Crippen molar-refractivity contribution in [3.63, 3.8) is 0 Å². The molecule has 13 heteroatoms. The lowest BCUT2D eigenvalue weighted by Gasteiger charge is -2.11. The first-order valence-electron chi connectivity index (χ1n) is 6.52. The number of nitrogens with one attached hydrogen (secondary N) is 2. The van der Waals surface area contributed by atoms with Gasteiger partial charge in [-0.15, -0.1) is 5.10 Å². The maximum atomic E-state index is 12.7. The molecule has 0 radical (unpaired) electrons. The van der Waals surface area contributed by atoms with Crippen molar-refractivity contribution in [3.05, 3.63) is 35.1 Å². The Morgan fingerprint density at radius 3 is 2.64 bits per heavy atom. The molecule has 2 N–H and O–H groups in total. The molecule has 1 aromatic heterocycles.